The number of carbonyl (C=O) groups excluding carboxylic acids is 2. The SMILES string of the molecule is COc1ccc(OC)c([C@H]2CC(=O)NC3=C2C(=O)CC(C)(C)C3)c1. The first-order valence-electron chi connectivity index (χ1n) is 8.12. The van der Waals surface area contributed by atoms with Gasteiger partial charge in [0.1, 0.15) is 11.5 Å². The van der Waals surface area contributed by atoms with Gasteiger partial charge in [-0.3, -0.25) is 9.59 Å². The minimum atomic E-state index is -0.289. The number of rotatable bonds is 3. The fourth-order valence-corrected chi connectivity index (χ4v) is 3.73. The highest BCUT2D eigenvalue weighted by Gasteiger charge is 2.41. The molecule has 0 bridgehead atoms. The quantitative estimate of drug-likeness (QED) is 0.926. The van der Waals surface area contributed by atoms with Crippen LogP contribution in [-0.4, -0.2) is 25.9 Å². The lowest BCUT2D eigenvalue weighted by Gasteiger charge is -2.38. The normalized spacial score (nSPS) is 22.8. The van der Waals surface area contributed by atoms with E-state index in [1.807, 2.05) is 18.2 Å². The van der Waals surface area contributed by atoms with Gasteiger partial charge in [-0.15, -0.1) is 0 Å². The molecule has 1 aromatic rings. The van der Waals surface area contributed by atoms with E-state index in [-0.39, 0.29) is 29.4 Å². The molecular weight excluding hydrogens is 306 g/mol. The topological polar surface area (TPSA) is 64.6 Å². The standard InChI is InChI=1S/C19H23NO4/c1-19(2)9-14-18(15(21)10-19)13(8-17(22)20-14)12-7-11(23-3)5-6-16(12)24-4/h5-7,13H,8-10H2,1-4H3,(H,20,22)/t13-/m1/s1. The molecule has 0 aromatic heterocycles. The summed E-state index contributed by atoms with van der Waals surface area (Å²) in [6.07, 6.45) is 1.43. The number of ether oxygens (including phenoxy) is 2. The van der Waals surface area contributed by atoms with E-state index in [0.717, 1.165) is 16.8 Å². The van der Waals surface area contributed by atoms with E-state index < -0.39 is 0 Å². The van der Waals surface area contributed by atoms with E-state index >= 15 is 0 Å². The molecule has 0 saturated carbocycles. The predicted molar refractivity (Wildman–Crippen MR) is 90.1 cm³/mol. The summed E-state index contributed by atoms with van der Waals surface area (Å²) in [6, 6.07) is 5.49. The van der Waals surface area contributed by atoms with Crippen molar-refractivity contribution in [2.24, 2.45) is 5.41 Å². The summed E-state index contributed by atoms with van der Waals surface area (Å²) in [4.78, 5) is 25.1. The van der Waals surface area contributed by atoms with Crippen LogP contribution in [0.5, 0.6) is 11.5 Å². The van der Waals surface area contributed by atoms with Crippen molar-refractivity contribution in [3.8, 4) is 11.5 Å². The zero-order chi connectivity index (χ0) is 17.5. The van der Waals surface area contributed by atoms with Gasteiger partial charge in [0.15, 0.2) is 5.78 Å². The van der Waals surface area contributed by atoms with Crippen LogP contribution in [0.2, 0.25) is 0 Å². The Morgan fingerprint density at radius 3 is 2.54 bits per heavy atom. The monoisotopic (exact) mass is 329 g/mol. The Hall–Kier alpha value is -2.30. The van der Waals surface area contributed by atoms with Gasteiger partial charge in [0.25, 0.3) is 0 Å². The molecule has 5 heteroatoms. The zero-order valence-corrected chi connectivity index (χ0v) is 14.6. The van der Waals surface area contributed by atoms with Gasteiger partial charge in [-0.2, -0.15) is 0 Å². The third-order valence-corrected chi connectivity index (χ3v) is 4.76. The summed E-state index contributed by atoms with van der Waals surface area (Å²) in [5, 5.41) is 2.92. The van der Waals surface area contributed by atoms with E-state index in [1.54, 1.807) is 14.2 Å². The molecule has 3 rings (SSSR count). The zero-order valence-electron chi connectivity index (χ0n) is 14.6. The Morgan fingerprint density at radius 1 is 1.12 bits per heavy atom. The minimum absolute atomic E-state index is 0.0610. The molecule has 128 valence electrons. The molecule has 0 saturated heterocycles. The van der Waals surface area contributed by atoms with E-state index in [9.17, 15) is 9.59 Å². The molecule has 5 nitrogen and oxygen atoms in total. The maximum Gasteiger partial charge on any atom is 0.225 e. The van der Waals surface area contributed by atoms with Crippen LogP contribution in [0, 0.1) is 5.41 Å². The number of allylic oxidation sites excluding steroid dienone is 2. The number of ketones is 1. The van der Waals surface area contributed by atoms with Crippen LogP contribution < -0.4 is 14.8 Å². The van der Waals surface area contributed by atoms with Gasteiger partial charge in [0, 0.05) is 35.6 Å². The second-order valence-electron chi connectivity index (χ2n) is 7.25. The first-order valence-corrected chi connectivity index (χ1v) is 8.12. The molecule has 0 spiro atoms. The first-order chi connectivity index (χ1) is 11.3. The fourth-order valence-electron chi connectivity index (χ4n) is 3.73. The van der Waals surface area contributed by atoms with Crippen LogP contribution >= 0.6 is 0 Å². The fraction of sp³-hybridized carbons (Fsp3) is 0.474. The second-order valence-corrected chi connectivity index (χ2v) is 7.25. The van der Waals surface area contributed by atoms with E-state index in [0.29, 0.717) is 24.3 Å². The smallest absolute Gasteiger partial charge is 0.225 e. The van der Waals surface area contributed by atoms with E-state index in [1.165, 1.54) is 0 Å². The van der Waals surface area contributed by atoms with Gasteiger partial charge in [0.05, 0.1) is 14.2 Å². The number of nitrogens with one attached hydrogen (secondary N) is 1. The van der Waals surface area contributed by atoms with Crippen molar-refractivity contribution in [2.75, 3.05) is 14.2 Å². The van der Waals surface area contributed by atoms with Crippen molar-refractivity contribution in [1.29, 1.82) is 0 Å². The number of hydrogen-bond acceptors (Lipinski definition) is 4. The van der Waals surface area contributed by atoms with Crippen molar-refractivity contribution in [3.05, 3.63) is 35.0 Å². The number of amides is 1. The summed E-state index contributed by atoms with van der Waals surface area (Å²) < 4.78 is 10.8. The summed E-state index contributed by atoms with van der Waals surface area (Å²) >= 11 is 0. The Bertz CT molecular complexity index is 733. The Balaban J connectivity index is 2.13. The summed E-state index contributed by atoms with van der Waals surface area (Å²) in [7, 11) is 3.19. The van der Waals surface area contributed by atoms with Crippen molar-refractivity contribution in [2.45, 2.75) is 39.0 Å². The third kappa shape index (κ3) is 2.90. The summed E-state index contributed by atoms with van der Waals surface area (Å²) in [5.74, 6) is 1.11. The molecule has 1 aliphatic heterocycles. The molecule has 1 N–H and O–H groups in total. The van der Waals surface area contributed by atoms with Crippen molar-refractivity contribution >= 4 is 11.7 Å². The van der Waals surface area contributed by atoms with Gasteiger partial charge in [-0.25, -0.2) is 0 Å². The molecule has 1 amide bonds. The highest BCUT2D eigenvalue weighted by atomic mass is 16.5. The van der Waals surface area contributed by atoms with Crippen LogP contribution in [0.4, 0.5) is 0 Å². The molecule has 1 aromatic carbocycles. The Labute approximate surface area is 142 Å². The van der Waals surface area contributed by atoms with Crippen LogP contribution in [0.25, 0.3) is 0 Å². The summed E-state index contributed by atoms with van der Waals surface area (Å²) in [5.41, 5.74) is 2.18. The minimum Gasteiger partial charge on any atom is -0.497 e. The third-order valence-electron chi connectivity index (χ3n) is 4.76. The van der Waals surface area contributed by atoms with Gasteiger partial charge in [-0.1, -0.05) is 13.8 Å². The van der Waals surface area contributed by atoms with Crippen molar-refractivity contribution in [3.63, 3.8) is 0 Å². The van der Waals surface area contributed by atoms with Crippen LogP contribution in [-0.2, 0) is 9.59 Å². The molecule has 1 atom stereocenters. The van der Waals surface area contributed by atoms with E-state index in [2.05, 4.69) is 19.2 Å². The summed E-state index contributed by atoms with van der Waals surface area (Å²) in [6.45, 7) is 4.10. The lowest BCUT2D eigenvalue weighted by molar-refractivity contribution is -0.122. The maximum absolute atomic E-state index is 12.8. The van der Waals surface area contributed by atoms with E-state index in [4.69, 9.17) is 9.47 Å². The number of benzene rings is 1. The van der Waals surface area contributed by atoms with Gasteiger partial charge >= 0.3 is 0 Å². The van der Waals surface area contributed by atoms with Gasteiger partial charge < -0.3 is 14.8 Å². The second kappa shape index (κ2) is 5.96. The molecule has 1 heterocycles. The molecule has 1 aliphatic carbocycles. The average Bonchev–Trinajstić information content (AvgIpc) is 2.51. The first kappa shape index (κ1) is 16.6. The molecule has 0 radical (unpaired) electrons. The molecule has 24 heavy (non-hydrogen) atoms. The number of methoxy groups -OCH3 is 2. The lowest BCUT2D eigenvalue weighted by atomic mass is 9.70. The number of Topliss-reactive ketones (excluding diaryl/α,β-unsaturated/α-hetero) is 1. The number of carbonyl (C=O) groups is 2. The highest BCUT2D eigenvalue weighted by Crippen LogP contribution is 2.46. The lowest BCUT2D eigenvalue weighted by Crippen LogP contribution is -2.40. The predicted octanol–water partition coefficient (Wildman–Crippen LogP) is 2.95. The van der Waals surface area contributed by atoms with Crippen LogP contribution in [0.1, 0.15) is 44.6 Å². The van der Waals surface area contributed by atoms with Gasteiger partial charge in [-0.05, 0) is 30.0 Å². The van der Waals surface area contributed by atoms with Gasteiger partial charge in [0.2, 0.25) is 5.91 Å². The Morgan fingerprint density at radius 2 is 1.88 bits per heavy atom. The largest absolute Gasteiger partial charge is 0.497 e. The van der Waals surface area contributed by atoms with Crippen LogP contribution in [0.15, 0.2) is 29.5 Å². The highest BCUT2D eigenvalue weighted by molar-refractivity contribution is 6.02. The van der Waals surface area contributed by atoms with Crippen LogP contribution in [0.3, 0.4) is 0 Å². The Kier molecular flexibility index (Phi) is 4.11. The van der Waals surface area contributed by atoms with Crippen molar-refractivity contribution < 1.29 is 19.1 Å². The number of hydrogen-bond donors (Lipinski definition) is 1. The molecule has 2 aliphatic rings. The molecular formula is C19H23NO4. The van der Waals surface area contributed by atoms with Crippen molar-refractivity contribution in [1.82, 2.24) is 5.32 Å². The average molecular weight is 329 g/mol. The molecule has 0 fully saturated rings. The maximum atomic E-state index is 12.8. The molecule has 0 unspecified atom stereocenters.